The molecule has 3 amide bonds. The summed E-state index contributed by atoms with van der Waals surface area (Å²) in [5.74, 6) is 0.345. The summed E-state index contributed by atoms with van der Waals surface area (Å²) in [5.41, 5.74) is 2.93. The Morgan fingerprint density at radius 2 is 2.21 bits per heavy atom. The highest BCUT2D eigenvalue weighted by Gasteiger charge is 2.24. The molecule has 9 heteroatoms. The van der Waals surface area contributed by atoms with Gasteiger partial charge in [-0.2, -0.15) is 0 Å². The van der Waals surface area contributed by atoms with Crippen LogP contribution in [-0.2, 0) is 0 Å². The molecular formula is C20H24N6O3. The first kappa shape index (κ1) is 18.9. The zero-order valence-corrected chi connectivity index (χ0v) is 16.3. The molecule has 4 rings (SSSR count). The minimum absolute atomic E-state index is 0.0933. The highest BCUT2D eigenvalue weighted by Crippen LogP contribution is 2.38. The second-order valence-electron chi connectivity index (χ2n) is 6.98. The number of urea groups is 1. The molecule has 2 aliphatic rings. The van der Waals surface area contributed by atoms with Crippen molar-refractivity contribution >= 4 is 29.0 Å². The molecule has 9 nitrogen and oxygen atoms in total. The summed E-state index contributed by atoms with van der Waals surface area (Å²) in [6.07, 6.45) is 3.43. The Hall–Kier alpha value is -3.49. The van der Waals surface area contributed by atoms with E-state index in [4.69, 9.17) is 4.74 Å². The van der Waals surface area contributed by atoms with Crippen LogP contribution in [0.1, 0.15) is 10.4 Å². The van der Waals surface area contributed by atoms with Crippen molar-refractivity contribution in [3.8, 4) is 5.75 Å². The molecule has 1 aromatic heterocycles. The van der Waals surface area contributed by atoms with Crippen LogP contribution in [0.5, 0.6) is 5.75 Å². The maximum absolute atomic E-state index is 12.9. The van der Waals surface area contributed by atoms with Crippen LogP contribution in [0.4, 0.5) is 21.9 Å². The number of carbonyl (C=O) groups excluding carboxylic acids is 2. The predicted molar refractivity (Wildman–Crippen MR) is 110 cm³/mol. The number of likely N-dealkylation sites (N-methyl/N-ethyl adjacent to an activating group) is 1. The van der Waals surface area contributed by atoms with Crippen LogP contribution in [0.2, 0.25) is 0 Å². The number of nitrogens with zero attached hydrogens (tertiary/aromatic N) is 3. The van der Waals surface area contributed by atoms with Gasteiger partial charge >= 0.3 is 6.03 Å². The lowest BCUT2D eigenvalue weighted by Gasteiger charge is -2.30. The number of ether oxygens (including phenoxy) is 1. The molecule has 0 atom stereocenters. The molecular weight excluding hydrogens is 372 g/mol. The number of carbonyl (C=O) groups is 2. The molecule has 0 unspecified atom stereocenters. The lowest BCUT2D eigenvalue weighted by molar-refractivity contribution is 0.0946. The summed E-state index contributed by atoms with van der Waals surface area (Å²) < 4.78 is 5.83. The van der Waals surface area contributed by atoms with Crippen molar-refractivity contribution in [2.75, 3.05) is 56.6 Å². The predicted octanol–water partition coefficient (Wildman–Crippen LogP) is 1.41. The third kappa shape index (κ3) is 4.18. The lowest BCUT2D eigenvalue weighted by Crippen LogP contribution is -2.37. The Morgan fingerprint density at radius 1 is 1.31 bits per heavy atom. The smallest absolute Gasteiger partial charge is 0.317 e. The molecule has 29 heavy (non-hydrogen) atoms. The summed E-state index contributed by atoms with van der Waals surface area (Å²) in [5, 5.41) is 8.95. The normalized spacial score (nSPS) is 15.4. The minimum atomic E-state index is -0.231. The van der Waals surface area contributed by atoms with Crippen LogP contribution in [0.15, 0.2) is 36.7 Å². The highest BCUT2D eigenvalue weighted by atomic mass is 16.5. The fraction of sp³-hybridized carbons (Fsp3) is 0.350. The van der Waals surface area contributed by atoms with Crippen LogP contribution in [0.25, 0.3) is 0 Å². The number of hydrogen-bond acceptors (Lipinski definition) is 6. The maximum atomic E-state index is 12.9. The quantitative estimate of drug-likeness (QED) is 0.683. The fourth-order valence-electron chi connectivity index (χ4n) is 3.42. The Bertz CT molecular complexity index is 905. The molecule has 1 fully saturated rings. The molecule has 2 aliphatic heterocycles. The van der Waals surface area contributed by atoms with Crippen molar-refractivity contribution in [3.05, 3.63) is 42.2 Å². The van der Waals surface area contributed by atoms with Crippen LogP contribution >= 0.6 is 0 Å². The second kappa shape index (κ2) is 8.26. The summed E-state index contributed by atoms with van der Waals surface area (Å²) in [6, 6.07) is 7.41. The summed E-state index contributed by atoms with van der Waals surface area (Å²) in [7, 11) is 1.98. The van der Waals surface area contributed by atoms with Gasteiger partial charge in [-0.1, -0.05) is 0 Å². The van der Waals surface area contributed by atoms with Crippen molar-refractivity contribution in [3.63, 3.8) is 0 Å². The molecule has 1 saturated heterocycles. The van der Waals surface area contributed by atoms with Gasteiger partial charge in [0.2, 0.25) is 0 Å². The van der Waals surface area contributed by atoms with Gasteiger partial charge < -0.3 is 30.5 Å². The zero-order valence-electron chi connectivity index (χ0n) is 16.3. The lowest BCUT2D eigenvalue weighted by atomic mass is 10.1. The minimum Gasteiger partial charge on any atom is -0.489 e. The third-order valence-corrected chi connectivity index (χ3v) is 4.96. The summed E-state index contributed by atoms with van der Waals surface area (Å²) >= 11 is 0. The largest absolute Gasteiger partial charge is 0.489 e. The van der Waals surface area contributed by atoms with Gasteiger partial charge in [0.15, 0.2) is 5.75 Å². The molecule has 152 valence electrons. The van der Waals surface area contributed by atoms with Crippen molar-refractivity contribution in [2.24, 2.45) is 0 Å². The molecule has 0 radical (unpaired) electrons. The van der Waals surface area contributed by atoms with Gasteiger partial charge in [-0.15, -0.1) is 0 Å². The van der Waals surface area contributed by atoms with E-state index in [9.17, 15) is 9.59 Å². The van der Waals surface area contributed by atoms with E-state index >= 15 is 0 Å². The van der Waals surface area contributed by atoms with E-state index in [1.54, 1.807) is 23.4 Å². The van der Waals surface area contributed by atoms with E-state index in [1.165, 1.54) is 0 Å². The van der Waals surface area contributed by atoms with Crippen molar-refractivity contribution in [1.82, 2.24) is 20.5 Å². The molecule has 0 bridgehead atoms. The van der Waals surface area contributed by atoms with Gasteiger partial charge in [0.1, 0.15) is 6.61 Å². The molecule has 2 aromatic rings. The number of anilines is 3. The monoisotopic (exact) mass is 396 g/mol. The number of hydrogen-bond donors (Lipinski definition) is 3. The van der Waals surface area contributed by atoms with E-state index in [1.807, 2.05) is 25.2 Å². The standard InChI is InChI=1S/C20H24N6O3/c1-25-9-10-29-18-16(19(27)22-5-7-26-8-6-23-20(26)28)11-15(12-17(18)25)24-14-3-2-4-21-13-14/h2-4,11-13,24H,5-10H2,1H3,(H,22,27)(H,23,28). The number of pyridine rings is 1. The van der Waals surface area contributed by atoms with Gasteiger partial charge in [0.25, 0.3) is 5.91 Å². The van der Waals surface area contributed by atoms with Gasteiger partial charge in [0.05, 0.1) is 29.7 Å². The van der Waals surface area contributed by atoms with Gasteiger partial charge in [0, 0.05) is 45.1 Å². The number of rotatable bonds is 6. The van der Waals surface area contributed by atoms with E-state index < -0.39 is 0 Å². The average molecular weight is 396 g/mol. The Kier molecular flexibility index (Phi) is 5.37. The van der Waals surface area contributed by atoms with Crippen molar-refractivity contribution in [1.29, 1.82) is 0 Å². The van der Waals surface area contributed by atoms with Crippen LogP contribution in [0, 0.1) is 0 Å². The first-order chi connectivity index (χ1) is 14.1. The Balaban J connectivity index is 1.53. The van der Waals surface area contributed by atoms with Crippen molar-refractivity contribution < 1.29 is 14.3 Å². The maximum Gasteiger partial charge on any atom is 0.317 e. The molecule has 3 heterocycles. The Morgan fingerprint density at radius 3 is 2.97 bits per heavy atom. The number of aromatic nitrogens is 1. The molecule has 3 N–H and O–H groups in total. The summed E-state index contributed by atoms with van der Waals surface area (Å²) in [4.78, 5) is 32.4. The number of fused-ring (bicyclic) bond motifs is 1. The van der Waals surface area contributed by atoms with Crippen LogP contribution in [0.3, 0.4) is 0 Å². The Labute approximate surface area is 169 Å². The molecule has 0 saturated carbocycles. The third-order valence-electron chi connectivity index (χ3n) is 4.96. The second-order valence-corrected chi connectivity index (χ2v) is 6.98. The van der Waals surface area contributed by atoms with E-state index in [2.05, 4.69) is 25.8 Å². The topological polar surface area (TPSA) is 98.8 Å². The molecule has 0 spiro atoms. The highest BCUT2D eigenvalue weighted by molar-refractivity contribution is 6.00. The van der Waals surface area contributed by atoms with Gasteiger partial charge in [-0.05, 0) is 24.3 Å². The number of benzene rings is 1. The first-order valence-electron chi connectivity index (χ1n) is 9.62. The van der Waals surface area contributed by atoms with Crippen molar-refractivity contribution in [2.45, 2.75) is 0 Å². The fourth-order valence-corrected chi connectivity index (χ4v) is 3.42. The average Bonchev–Trinajstić information content (AvgIpc) is 3.13. The van der Waals surface area contributed by atoms with Gasteiger partial charge in [-0.3, -0.25) is 9.78 Å². The van der Waals surface area contributed by atoms with E-state index in [-0.39, 0.29) is 11.9 Å². The van der Waals surface area contributed by atoms with E-state index in [0.29, 0.717) is 44.1 Å². The number of amides is 3. The summed E-state index contributed by atoms with van der Waals surface area (Å²) in [6.45, 7) is 3.40. The van der Waals surface area contributed by atoms with E-state index in [0.717, 1.165) is 23.6 Å². The van der Waals surface area contributed by atoms with Crippen LogP contribution < -0.4 is 25.6 Å². The van der Waals surface area contributed by atoms with Crippen LogP contribution in [-0.4, -0.2) is 68.2 Å². The zero-order chi connectivity index (χ0) is 20.2. The number of nitrogens with one attached hydrogen (secondary N) is 3. The molecule has 0 aliphatic carbocycles. The van der Waals surface area contributed by atoms with Gasteiger partial charge in [-0.25, -0.2) is 4.79 Å². The first-order valence-corrected chi connectivity index (χ1v) is 9.62. The SMILES string of the molecule is CN1CCOc2c(C(=O)NCCN3CCNC3=O)cc(Nc3cccnc3)cc21. The molecule has 1 aromatic carbocycles.